The number of rotatable bonds is 3. The van der Waals surface area contributed by atoms with Crippen LogP contribution < -0.4 is 0 Å². The molecular formula is C9H18O3S. The molecule has 0 saturated heterocycles. The molecule has 3 nitrogen and oxygen atoms in total. The van der Waals surface area contributed by atoms with E-state index in [0.29, 0.717) is 6.42 Å². The summed E-state index contributed by atoms with van der Waals surface area (Å²) in [6.07, 6.45) is 4.40. The van der Waals surface area contributed by atoms with E-state index < -0.39 is 15.4 Å². The molecule has 0 bridgehead atoms. The lowest BCUT2D eigenvalue weighted by molar-refractivity contribution is 0.00636. The quantitative estimate of drug-likeness (QED) is 0.748. The fourth-order valence-corrected chi connectivity index (χ4v) is 2.69. The van der Waals surface area contributed by atoms with Crippen molar-refractivity contribution < 1.29 is 13.5 Å². The van der Waals surface area contributed by atoms with Gasteiger partial charge in [0.15, 0.2) is 0 Å². The molecule has 1 saturated carbocycles. The molecule has 0 heterocycles. The molecule has 1 rings (SSSR count). The number of hydrogen-bond donors (Lipinski definition) is 1. The van der Waals surface area contributed by atoms with E-state index in [1.165, 1.54) is 6.26 Å². The van der Waals surface area contributed by atoms with Crippen LogP contribution in [0.4, 0.5) is 0 Å². The van der Waals surface area contributed by atoms with E-state index in [9.17, 15) is 13.5 Å². The van der Waals surface area contributed by atoms with Crippen LogP contribution in [0.5, 0.6) is 0 Å². The summed E-state index contributed by atoms with van der Waals surface area (Å²) in [5.74, 6) is 0.350. The fourth-order valence-electron chi connectivity index (χ4n) is 1.96. The smallest absolute Gasteiger partial charge is 0.147 e. The van der Waals surface area contributed by atoms with Gasteiger partial charge in [0.2, 0.25) is 0 Å². The number of sulfone groups is 1. The van der Waals surface area contributed by atoms with Gasteiger partial charge in [0.1, 0.15) is 9.84 Å². The highest BCUT2D eigenvalue weighted by molar-refractivity contribution is 7.90. The third-order valence-corrected chi connectivity index (χ3v) is 4.02. The molecule has 2 unspecified atom stereocenters. The predicted molar refractivity (Wildman–Crippen MR) is 52.3 cm³/mol. The Hall–Kier alpha value is -0.0900. The molecule has 1 aliphatic rings. The largest absolute Gasteiger partial charge is 0.390 e. The molecule has 0 aromatic carbocycles. The Bertz CT molecular complexity index is 271. The Balaban J connectivity index is 2.53. The molecule has 0 amide bonds. The summed E-state index contributed by atoms with van der Waals surface area (Å²) in [7, 11) is -2.93. The standard InChI is InChI=1S/C9H18O3S/c1-8-4-3-5-9(8,10)6-7-13(2,11)12/h8,10H,3-7H2,1-2H3. The van der Waals surface area contributed by atoms with Gasteiger partial charge in [-0.05, 0) is 25.2 Å². The molecule has 0 spiro atoms. The van der Waals surface area contributed by atoms with Crippen LogP contribution in [0.25, 0.3) is 0 Å². The summed E-state index contributed by atoms with van der Waals surface area (Å²) in [5, 5.41) is 10.1. The van der Waals surface area contributed by atoms with Crippen molar-refractivity contribution in [1.29, 1.82) is 0 Å². The van der Waals surface area contributed by atoms with Gasteiger partial charge in [-0.3, -0.25) is 0 Å². The lowest BCUT2D eigenvalue weighted by Gasteiger charge is -2.27. The van der Waals surface area contributed by atoms with E-state index in [-0.39, 0.29) is 11.7 Å². The van der Waals surface area contributed by atoms with E-state index >= 15 is 0 Å². The minimum absolute atomic E-state index is 0.105. The first kappa shape index (κ1) is 11.0. The Morgan fingerprint density at radius 2 is 2.15 bits per heavy atom. The zero-order valence-corrected chi connectivity index (χ0v) is 9.10. The summed E-state index contributed by atoms with van der Waals surface area (Å²) in [6, 6.07) is 0. The van der Waals surface area contributed by atoms with Crippen LogP contribution in [-0.2, 0) is 9.84 Å². The third kappa shape index (κ3) is 2.95. The van der Waals surface area contributed by atoms with Crippen LogP contribution in [-0.4, -0.2) is 31.1 Å². The average molecular weight is 206 g/mol. The van der Waals surface area contributed by atoms with Crippen molar-refractivity contribution in [1.82, 2.24) is 0 Å². The Labute approximate surface area is 80.1 Å². The molecule has 1 N–H and O–H groups in total. The van der Waals surface area contributed by atoms with Crippen molar-refractivity contribution in [3.05, 3.63) is 0 Å². The van der Waals surface area contributed by atoms with E-state index in [1.54, 1.807) is 0 Å². The zero-order valence-electron chi connectivity index (χ0n) is 8.28. The van der Waals surface area contributed by atoms with E-state index in [4.69, 9.17) is 0 Å². The van der Waals surface area contributed by atoms with Gasteiger partial charge in [0.05, 0.1) is 11.4 Å². The second-order valence-electron chi connectivity index (χ2n) is 4.28. The third-order valence-electron chi connectivity index (χ3n) is 3.07. The van der Waals surface area contributed by atoms with E-state index in [2.05, 4.69) is 0 Å². The first-order chi connectivity index (χ1) is 5.83. The molecule has 78 valence electrons. The molecule has 0 aliphatic heterocycles. The Morgan fingerprint density at radius 1 is 1.54 bits per heavy atom. The molecule has 2 atom stereocenters. The maximum absolute atomic E-state index is 10.9. The highest BCUT2D eigenvalue weighted by Crippen LogP contribution is 2.37. The maximum Gasteiger partial charge on any atom is 0.147 e. The van der Waals surface area contributed by atoms with Gasteiger partial charge in [-0.2, -0.15) is 0 Å². The first-order valence-electron chi connectivity index (χ1n) is 4.74. The molecule has 0 aromatic rings. The minimum atomic E-state index is -2.93. The summed E-state index contributed by atoms with van der Waals surface area (Å²) >= 11 is 0. The van der Waals surface area contributed by atoms with Crippen molar-refractivity contribution in [2.45, 2.75) is 38.2 Å². The monoisotopic (exact) mass is 206 g/mol. The van der Waals surface area contributed by atoms with Crippen molar-refractivity contribution in [3.63, 3.8) is 0 Å². The predicted octanol–water partition coefficient (Wildman–Crippen LogP) is 0.972. The van der Waals surface area contributed by atoms with Gasteiger partial charge >= 0.3 is 0 Å². The summed E-state index contributed by atoms with van der Waals surface area (Å²) < 4.78 is 21.9. The normalized spacial score (nSPS) is 35.2. The summed E-state index contributed by atoms with van der Waals surface area (Å²) in [5.41, 5.74) is -0.719. The highest BCUT2D eigenvalue weighted by atomic mass is 32.2. The number of hydrogen-bond acceptors (Lipinski definition) is 3. The molecular weight excluding hydrogens is 188 g/mol. The van der Waals surface area contributed by atoms with Crippen molar-refractivity contribution in [3.8, 4) is 0 Å². The molecule has 4 heteroatoms. The van der Waals surface area contributed by atoms with Gasteiger partial charge < -0.3 is 5.11 Å². The minimum Gasteiger partial charge on any atom is -0.390 e. The van der Waals surface area contributed by atoms with Crippen molar-refractivity contribution >= 4 is 9.84 Å². The number of aliphatic hydroxyl groups is 1. The average Bonchev–Trinajstić information content (AvgIpc) is 2.29. The molecule has 0 radical (unpaired) electrons. The lowest BCUT2D eigenvalue weighted by atomic mass is 9.90. The SMILES string of the molecule is CC1CCCC1(O)CCS(C)(=O)=O. The van der Waals surface area contributed by atoms with Gasteiger partial charge in [-0.15, -0.1) is 0 Å². The molecule has 1 fully saturated rings. The molecule has 13 heavy (non-hydrogen) atoms. The van der Waals surface area contributed by atoms with Gasteiger partial charge in [0.25, 0.3) is 0 Å². The second kappa shape index (κ2) is 3.58. The van der Waals surface area contributed by atoms with E-state index in [1.807, 2.05) is 6.92 Å². The van der Waals surface area contributed by atoms with Crippen LogP contribution in [0.2, 0.25) is 0 Å². The molecule has 0 aromatic heterocycles. The van der Waals surface area contributed by atoms with Crippen LogP contribution in [0.1, 0.15) is 32.6 Å². The highest BCUT2D eigenvalue weighted by Gasteiger charge is 2.38. The zero-order chi connectivity index (χ0) is 10.1. The van der Waals surface area contributed by atoms with E-state index in [0.717, 1.165) is 19.3 Å². The van der Waals surface area contributed by atoms with Crippen molar-refractivity contribution in [2.24, 2.45) is 5.92 Å². The maximum atomic E-state index is 10.9. The fraction of sp³-hybridized carbons (Fsp3) is 1.00. The summed E-state index contributed by atoms with van der Waals surface area (Å²) in [4.78, 5) is 0. The van der Waals surface area contributed by atoms with Crippen LogP contribution in [0, 0.1) is 5.92 Å². The second-order valence-corrected chi connectivity index (χ2v) is 6.54. The van der Waals surface area contributed by atoms with Crippen LogP contribution in [0.15, 0.2) is 0 Å². The van der Waals surface area contributed by atoms with Gasteiger partial charge in [-0.1, -0.05) is 13.3 Å². The first-order valence-corrected chi connectivity index (χ1v) is 6.80. The lowest BCUT2D eigenvalue weighted by Crippen LogP contribution is -2.33. The summed E-state index contributed by atoms with van der Waals surface area (Å²) in [6.45, 7) is 2.00. The van der Waals surface area contributed by atoms with Gasteiger partial charge in [-0.25, -0.2) is 8.42 Å². The Morgan fingerprint density at radius 3 is 2.54 bits per heavy atom. The Kier molecular flexibility index (Phi) is 3.02. The topological polar surface area (TPSA) is 54.4 Å². The van der Waals surface area contributed by atoms with Crippen LogP contribution in [0.3, 0.4) is 0 Å². The van der Waals surface area contributed by atoms with Crippen LogP contribution >= 0.6 is 0 Å². The van der Waals surface area contributed by atoms with Crippen molar-refractivity contribution in [2.75, 3.05) is 12.0 Å². The van der Waals surface area contributed by atoms with Gasteiger partial charge in [0, 0.05) is 6.26 Å². The molecule has 1 aliphatic carbocycles.